The van der Waals surface area contributed by atoms with Crippen molar-refractivity contribution in [2.75, 3.05) is 7.11 Å². The van der Waals surface area contributed by atoms with Crippen LogP contribution in [0.15, 0.2) is 127 Å². The minimum absolute atomic E-state index is 0.887. The highest BCUT2D eigenvalue weighted by molar-refractivity contribution is 7.95. The molecule has 1 atom stereocenters. The van der Waals surface area contributed by atoms with Gasteiger partial charge in [0.15, 0.2) is 0 Å². The molecule has 0 aliphatic carbocycles. The van der Waals surface area contributed by atoms with Gasteiger partial charge < -0.3 is 4.74 Å². The van der Waals surface area contributed by atoms with Crippen LogP contribution in [0.2, 0.25) is 0 Å². The number of hydrogen-bond donors (Lipinski definition) is 0. The molecular formula is C30H26OP+. The standard InChI is InChI=1S/C30H26OP/c1-31-27-17-20-29(21-18-27)32(28-14-6-3-7-15-28,23-24-10-4-2-5-11-24)30-19-16-25-12-8-9-13-26(25)22-30/h2-22H,23H2,1H3/q+1. The quantitative estimate of drug-likeness (QED) is 0.284. The summed E-state index contributed by atoms with van der Waals surface area (Å²) in [6, 6.07) is 46.3. The van der Waals surface area contributed by atoms with E-state index in [2.05, 4.69) is 127 Å². The average Bonchev–Trinajstić information content (AvgIpc) is 2.88. The molecule has 0 radical (unpaired) electrons. The molecule has 0 bridgehead atoms. The van der Waals surface area contributed by atoms with E-state index in [1.807, 2.05) is 0 Å². The van der Waals surface area contributed by atoms with Crippen molar-refractivity contribution in [3.05, 3.63) is 133 Å². The highest BCUT2D eigenvalue weighted by Crippen LogP contribution is 2.58. The van der Waals surface area contributed by atoms with Crippen molar-refractivity contribution in [2.45, 2.75) is 6.16 Å². The lowest BCUT2D eigenvalue weighted by atomic mass is 10.1. The van der Waals surface area contributed by atoms with Crippen molar-refractivity contribution in [2.24, 2.45) is 0 Å². The van der Waals surface area contributed by atoms with E-state index in [0.29, 0.717) is 0 Å². The molecule has 156 valence electrons. The van der Waals surface area contributed by atoms with Crippen LogP contribution in [0.1, 0.15) is 5.56 Å². The molecular weight excluding hydrogens is 407 g/mol. The van der Waals surface area contributed by atoms with Crippen LogP contribution >= 0.6 is 7.26 Å². The summed E-state index contributed by atoms with van der Waals surface area (Å²) >= 11 is 0. The van der Waals surface area contributed by atoms with Crippen molar-refractivity contribution in [3.8, 4) is 5.75 Å². The molecule has 5 rings (SSSR count). The Morgan fingerprint density at radius 3 is 1.78 bits per heavy atom. The fourth-order valence-corrected chi connectivity index (χ4v) is 8.74. The average molecular weight is 434 g/mol. The van der Waals surface area contributed by atoms with Crippen molar-refractivity contribution in [3.63, 3.8) is 0 Å². The molecule has 0 spiro atoms. The molecule has 0 aliphatic heterocycles. The number of fused-ring (bicyclic) bond motifs is 1. The van der Waals surface area contributed by atoms with E-state index in [0.717, 1.165) is 11.9 Å². The summed E-state index contributed by atoms with van der Waals surface area (Å²) in [6.07, 6.45) is 0.975. The smallest absolute Gasteiger partial charge is 0.119 e. The van der Waals surface area contributed by atoms with E-state index in [4.69, 9.17) is 4.74 Å². The van der Waals surface area contributed by atoms with Crippen molar-refractivity contribution in [1.29, 1.82) is 0 Å². The number of ether oxygens (including phenoxy) is 1. The first-order valence-corrected chi connectivity index (χ1v) is 12.9. The van der Waals surface area contributed by atoms with Gasteiger partial charge in [0.1, 0.15) is 28.9 Å². The highest BCUT2D eigenvalue weighted by Gasteiger charge is 2.45. The third kappa shape index (κ3) is 3.81. The van der Waals surface area contributed by atoms with E-state index in [-0.39, 0.29) is 0 Å². The second-order valence-electron chi connectivity index (χ2n) is 8.02. The van der Waals surface area contributed by atoms with E-state index < -0.39 is 7.26 Å². The Bertz CT molecular complexity index is 1310. The number of rotatable bonds is 6. The summed E-state index contributed by atoms with van der Waals surface area (Å²) in [5, 5.41) is 6.72. The van der Waals surface area contributed by atoms with Crippen LogP contribution < -0.4 is 20.7 Å². The van der Waals surface area contributed by atoms with Gasteiger partial charge in [0.25, 0.3) is 0 Å². The van der Waals surface area contributed by atoms with E-state index >= 15 is 0 Å². The van der Waals surface area contributed by atoms with Crippen molar-refractivity contribution >= 4 is 33.9 Å². The Kier molecular flexibility index (Phi) is 5.75. The van der Waals surface area contributed by atoms with Crippen LogP contribution in [-0.4, -0.2) is 7.11 Å². The van der Waals surface area contributed by atoms with Gasteiger partial charge in [-0.25, -0.2) is 0 Å². The van der Waals surface area contributed by atoms with E-state index in [1.54, 1.807) is 7.11 Å². The van der Waals surface area contributed by atoms with Crippen LogP contribution in [0.5, 0.6) is 5.75 Å². The van der Waals surface area contributed by atoms with Crippen LogP contribution in [-0.2, 0) is 6.16 Å². The van der Waals surface area contributed by atoms with Gasteiger partial charge in [-0.1, -0.05) is 78.9 Å². The first kappa shape index (κ1) is 20.5. The minimum Gasteiger partial charge on any atom is -0.497 e. The zero-order valence-corrected chi connectivity index (χ0v) is 19.1. The van der Waals surface area contributed by atoms with Crippen molar-refractivity contribution < 1.29 is 4.74 Å². The van der Waals surface area contributed by atoms with Gasteiger partial charge in [0, 0.05) is 0 Å². The van der Waals surface area contributed by atoms with Crippen molar-refractivity contribution in [1.82, 2.24) is 0 Å². The maximum Gasteiger partial charge on any atom is 0.119 e. The SMILES string of the molecule is COc1ccc([P+](Cc2ccccc2)(c2ccccc2)c2ccc3ccccc3c2)cc1. The minimum atomic E-state index is -1.97. The largest absolute Gasteiger partial charge is 0.497 e. The van der Waals surface area contributed by atoms with Gasteiger partial charge in [0.2, 0.25) is 0 Å². The summed E-state index contributed by atoms with van der Waals surface area (Å²) in [4.78, 5) is 0. The molecule has 0 fully saturated rings. The molecule has 1 nitrogen and oxygen atoms in total. The van der Waals surface area contributed by atoms with Crippen LogP contribution in [0.25, 0.3) is 10.8 Å². The maximum atomic E-state index is 5.48. The predicted octanol–water partition coefficient (Wildman–Crippen LogP) is 6.34. The highest BCUT2D eigenvalue weighted by atomic mass is 31.2. The first-order valence-electron chi connectivity index (χ1n) is 10.9. The summed E-state index contributed by atoms with van der Waals surface area (Å²) in [5.74, 6) is 0.887. The third-order valence-corrected chi connectivity index (χ3v) is 10.5. The zero-order valence-electron chi connectivity index (χ0n) is 18.2. The molecule has 5 aromatic carbocycles. The second-order valence-corrected chi connectivity index (χ2v) is 11.5. The van der Waals surface area contributed by atoms with Gasteiger partial charge >= 0.3 is 0 Å². The van der Waals surface area contributed by atoms with E-state index in [1.165, 1.54) is 32.2 Å². The summed E-state index contributed by atoms with van der Waals surface area (Å²) < 4.78 is 5.48. The Morgan fingerprint density at radius 2 is 1.09 bits per heavy atom. The van der Waals surface area contributed by atoms with Crippen LogP contribution in [0.3, 0.4) is 0 Å². The Balaban J connectivity index is 1.81. The molecule has 0 heterocycles. The molecule has 0 N–H and O–H groups in total. The number of benzene rings is 5. The summed E-state index contributed by atoms with van der Waals surface area (Å²) in [5.41, 5.74) is 1.36. The molecule has 2 heteroatoms. The van der Waals surface area contributed by atoms with E-state index in [9.17, 15) is 0 Å². The molecule has 0 amide bonds. The molecule has 1 unspecified atom stereocenters. The summed E-state index contributed by atoms with van der Waals surface area (Å²) in [6.45, 7) is 0. The topological polar surface area (TPSA) is 9.23 Å². The normalized spacial score (nSPS) is 12.9. The number of hydrogen-bond acceptors (Lipinski definition) is 1. The van der Waals surface area contributed by atoms with Gasteiger partial charge in [-0.15, -0.1) is 0 Å². The molecule has 0 aromatic heterocycles. The molecule has 0 saturated carbocycles. The Morgan fingerprint density at radius 1 is 0.531 bits per heavy atom. The second kappa shape index (κ2) is 8.99. The van der Waals surface area contributed by atoms with Gasteiger partial charge in [-0.3, -0.25) is 0 Å². The molecule has 5 aromatic rings. The lowest BCUT2D eigenvalue weighted by Crippen LogP contribution is -2.32. The molecule has 32 heavy (non-hydrogen) atoms. The van der Waals surface area contributed by atoms with Gasteiger partial charge in [-0.05, 0) is 64.9 Å². The lowest BCUT2D eigenvalue weighted by molar-refractivity contribution is 0.415. The number of methoxy groups -OCH3 is 1. The maximum absolute atomic E-state index is 5.48. The fourth-order valence-electron chi connectivity index (χ4n) is 4.51. The fraction of sp³-hybridized carbons (Fsp3) is 0.0667. The summed E-state index contributed by atoms with van der Waals surface area (Å²) in [7, 11) is -0.241. The Hall–Kier alpha value is -3.41. The third-order valence-electron chi connectivity index (χ3n) is 6.15. The lowest BCUT2D eigenvalue weighted by Gasteiger charge is -2.28. The van der Waals surface area contributed by atoms with Crippen LogP contribution in [0.4, 0.5) is 0 Å². The monoisotopic (exact) mass is 433 g/mol. The Labute approximate surface area is 190 Å². The molecule has 0 saturated heterocycles. The van der Waals surface area contributed by atoms with Crippen LogP contribution in [0, 0.1) is 0 Å². The predicted molar refractivity (Wildman–Crippen MR) is 139 cm³/mol. The molecule has 0 aliphatic rings. The van der Waals surface area contributed by atoms with Gasteiger partial charge in [0.05, 0.1) is 13.3 Å². The zero-order chi connectivity index (χ0) is 21.8. The first-order chi connectivity index (χ1) is 15.8. The van der Waals surface area contributed by atoms with Gasteiger partial charge in [-0.2, -0.15) is 0 Å².